The molecule has 0 bridgehead atoms. The van der Waals surface area contributed by atoms with Crippen LogP contribution < -0.4 is 0 Å². The number of allylic oxidation sites excluding steroid dienone is 2. The first-order valence-electron chi connectivity index (χ1n) is 23.9. The van der Waals surface area contributed by atoms with Crippen molar-refractivity contribution in [2.45, 2.75) is 173 Å². The molecule has 8 rings (SSSR count). The first-order valence-corrected chi connectivity index (χ1v) is 23.9. The molecule has 8 aliphatic carbocycles. The number of methoxy groups -OCH3 is 2. The van der Waals surface area contributed by atoms with E-state index in [9.17, 15) is 40.2 Å². The van der Waals surface area contributed by atoms with Crippen molar-refractivity contribution in [2.24, 2.45) is 63.1 Å². The number of hydrogen-bond acceptors (Lipinski definition) is 11. The van der Waals surface area contributed by atoms with Gasteiger partial charge in [-0.3, -0.25) is 9.59 Å². The van der Waals surface area contributed by atoms with Crippen LogP contribution in [0.1, 0.15) is 131 Å². The number of nitrogens with zero attached hydrogens (tertiary/aromatic N) is 1. The van der Waals surface area contributed by atoms with E-state index in [0.717, 1.165) is 75.7 Å². The van der Waals surface area contributed by atoms with E-state index in [-0.39, 0.29) is 51.5 Å². The maximum absolute atomic E-state index is 13.2. The number of carbonyl (C=O) groups is 2. The second-order valence-electron chi connectivity index (χ2n) is 22.6. The van der Waals surface area contributed by atoms with Gasteiger partial charge in [-0.05, 0) is 168 Å². The van der Waals surface area contributed by atoms with E-state index in [1.807, 2.05) is 0 Å². The fourth-order valence-corrected chi connectivity index (χ4v) is 16.0. The Labute approximate surface area is 365 Å². The van der Waals surface area contributed by atoms with Crippen molar-refractivity contribution in [1.82, 2.24) is 4.90 Å². The maximum Gasteiger partial charge on any atom is 0.159 e. The monoisotopic (exact) mass is 856 g/mol. The van der Waals surface area contributed by atoms with Crippen LogP contribution in [0.3, 0.4) is 0 Å². The first kappa shape index (κ1) is 47.4. The summed E-state index contributed by atoms with van der Waals surface area (Å²) in [6.07, 6.45) is 10.9. The molecule has 0 heterocycles. The molecule has 0 aliphatic heterocycles. The van der Waals surface area contributed by atoms with Crippen LogP contribution in [0.25, 0.3) is 0 Å². The summed E-state index contributed by atoms with van der Waals surface area (Å²) < 4.78 is 10.5. The normalized spacial score (nSPS) is 48.6. The molecule has 11 nitrogen and oxygen atoms in total. The third-order valence-electron chi connectivity index (χ3n) is 20.0. The molecular formula is C50H81NO10. The predicted octanol–water partition coefficient (Wildman–Crippen LogP) is 5.41. The molecule has 18 atom stereocenters. The van der Waals surface area contributed by atoms with Crippen LogP contribution >= 0.6 is 0 Å². The van der Waals surface area contributed by atoms with Gasteiger partial charge in [0.15, 0.2) is 11.6 Å². The highest BCUT2D eigenvalue weighted by Crippen LogP contribution is 2.69. The highest BCUT2D eigenvalue weighted by atomic mass is 16.5. The number of aliphatic hydroxyl groups is 6. The molecule has 6 N–H and O–H groups in total. The lowest BCUT2D eigenvalue weighted by Gasteiger charge is -2.60. The van der Waals surface area contributed by atoms with Gasteiger partial charge in [0.1, 0.15) is 0 Å². The molecule has 0 aromatic carbocycles. The zero-order valence-corrected chi connectivity index (χ0v) is 38.9. The van der Waals surface area contributed by atoms with Gasteiger partial charge in [0.2, 0.25) is 0 Å². The molecule has 61 heavy (non-hydrogen) atoms. The number of hydrogen-bond donors (Lipinski definition) is 6. The molecular weight excluding hydrogens is 775 g/mol. The molecule has 0 amide bonds. The second kappa shape index (κ2) is 17.0. The van der Waals surface area contributed by atoms with E-state index in [0.29, 0.717) is 68.9 Å². The summed E-state index contributed by atoms with van der Waals surface area (Å²) >= 11 is 0. The van der Waals surface area contributed by atoms with Gasteiger partial charge >= 0.3 is 0 Å². The molecule has 0 aromatic heterocycles. The van der Waals surface area contributed by atoms with Crippen molar-refractivity contribution < 1.29 is 49.7 Å². The van der Waals surface area contributed by atoms with Crippen LogP contribution in [0.5, 0.6) is 0 Å². The molecule has 6 saturated carbocycles. The minimum atomic E-state index is -0.985. The quantitative estimate of drug-likeness (QED) is 0.155. The number of fused-ring (bicyclic) bond motifs is 10. The van der Waals surface area contributed by atoms with Gasteiger partial charge in [-0.2, -0.15) is 0 Å². The first-order chi connectivity index (χ1) is 28.6. The molecule has 0 spiro atoms. The zero-order chi connectivity index (χ0) is 44.7. The Kier molecular flexibility index (Phi) is 13.2. The van der Waals surface area contributed by atoms with Gasteiger partial charge in [0.05, 0.1) is 42.2 Å². The number of aliphatic hydroxyl groups excluding tert-OH is 4. The van der Waals surface area contributed by atoms with Gasteiger partial charge in [0.25, 0.3) is 0 Å². The third kappa shape index (κ3) is 7.33. The summed E-state index contributed by atoms with van der Waals surface area (Å²) in [5.41, 5.74) is -1.40. The van der Waals surface area contributed by atoms with E-state index in [1.165, 1.54) is 0 Å². The van der Waals surface area contributed by atoms with Crippen molar-refractivity contribution >= 4 is 11.6 Å². The number of ether oxygens (including phenoxy) is 2. The van der Waals surface area contributed by atoms with Crippen LogP contribution in [-0.2, 0) is 19.1 Å². The molecule has 0 saturated heterocycles. The molecule has 0 aromatic rings. The average molecular weight is 856 g/mol. The minimum Gasteiger partial charge on any atom is -0.390 e. The fourth-order valence-electron chi connectivity index (χ4n) is 16.0. The van der Waals surface area contributed by atoms with Crippen LogP contribution in [0, 0.1) is 63.1 Å². The lowest BCUT2D eigenvalue weighted by molar-refractivity contribution is -0.153. The zero-order valence-electron chi connectivity index (χ0n) is 38.9. The summed E-state index contributed by atoms with van der Waals surface area (Å²) in [4.78, 5) is 28.7. The summed E-state index contributed by atoms with van der Waals surface area (Å²) in [5, 5.41) is 65.6. The lowest BCUT2D eigenvalue weighted by Crippen LogP contribution is -2.61. The van der Waals surface area contributed by atoms with Gasteiger partial charge in [-0.1, -0.05) is 34.6 Å². The fraction of sp³-hybridized carbons (Fsp3) is 0.880. The lowest BCUT2D eigenvalue weighted by atomic mass is 9.46. The predicted molar refractivity (Wildman–Crippen MR) is 233 cm³/mol. The summed E-state index contributed by atoms with van der Waals surface area (Å²) in [5.74, 6) is 0.965. The van der Waals surface area contributed by atoms with Gasteiger partial charge in [-0.25, -0.2) is 0 Å². The van der Waals surface area contributed by atoms with Crippen molar-refractivity contribution in [3.63, 3.8) is 0 Å². The van der Waals surface area contributed by atoms with Crippen molar-refractivity contribution in [1.29, 1.82) is 0 Å². The number of ketones is 2. The Morgan fingerprint density at radius 1 is 0.656 bits per heavy atom. The Balaban J connectivity index is 0.000000184. The summed E-state index contributed by atoms with van der Waals surface area (Å²) in [6.45, 7) is 15.5. The van der Waals surface area contributed by atoms with E-state index in [2.05, 4.69) is 53.5 Å². The molecule has 8 aliphatic rings. The second-order valence-corrected chi connectivity index (χ2v) is 22.6. The largest absolute Gasteiger partial charge is 0.390 e. The highest BCUT2D eigenvalue weighted by Gasteiger charge is 2.68. The van der Waals surface area contributed by atoms with Gasteiger partial charge in [-0.15, -0.1) is 0 Å². The Bertz CT molecular complexity index is 1720. The number of likely N-dealkylation sites (N-methyl/N-ethyl adjacent to an activating group) is 1. The Hall–Kier alpha value is -1.54. The van der Waals surface area contributed by atoms with Gasteiger partial charge < -0.3 is 45.0 Å². The Morgan fingerprint density at radius 2 is 1.10 bits per heavy atom. The minimum absolute atomic E-state index is 0.0195. The molecule has 4 unspecified atom stereocenters. The van der Waals surface area contributed by atoms with Crippen molar-refractivity contribution in [2.75, 3.05) is 41.0 Å². The SMILES string of the molecule is COCCCC(C)[C@H]1CC[C@@]2(O)C3=CC(=O)[C@@H]4C[C@@H](O)[C@@H](O)C[C@]4(C)C3CC[C@]12C.COCCN(C)C(C)[C@H]1CC[C@@]2(O)C3=CC(=O)[C@@H]4C[C@@H](O)[C@@H](O)C[C@]4(C)C3CC[C@]12C. The average Bonchev–Trinajstić information content (AvgIpc) is 3.65. The van der Waals surface area contributed by atoms with E-state index in [4.69, 9.17) is 9.47 Å². The molecule has 6 fully saturated rings. The smallest absolute Gasteiger partial charge is 0.159 e. The van der Waals surface area contributed by atoms with Gasteiger partial charge in [0, 0.05) is 56.1 Å². The maximum atomic E-state index is 13.2. The summed E-state index contributed by atoms with van der Waals surface area (Å²) in [7, 11) is 5.58. The van der Waals surface area contributed by atoms with E-state index < -0.39 is 41.0 Å². The third-order valence-corrected chi connectivity index (χ3v) is 20.0. The van der Waals surface area contributed by atoms with Crippen LogP contribution in [-0.4, -0.2) is 130 Å². The standard InChI is InChI=1S/C25H41NO5.C25H40O5/c1-15(26(4)10-11-31-5)16-7-9-25(30)18-12-20(27)19-13-21(28)22(29)14-23(19,2)17(18)6-8-24(16,25)3;1-15(6-5-11-30-4)16-8-10-25(29)18-12-20(26)19-13-21(27)22(28)14-23(19,2)17(18)7-9-24(16,25)3/h12,15-17,19,21-22,28-30H,6-11,13-14H2,1-5H3;12,15-17,19,21-22,27-29H,5-11,13-14H2,1-4H3/t2*15?,16-,17?,19+,21-,22+,23-,24-,25-/m11/s1. The number of carbonyl (C=O) groups excluding carboxylic acids is 2. The van der Waals surface area contributed by atoms with Crippen LogP contribution in [0.4, 0.5) is 0 Å². The molecule has 11 heteroatoms. The highest BCUT2D eigenvalue weighted by molar-refractivity contribution is 5.95. The Morgan fingerprint density at radius 3 is 1.56 bits per heavy atom. The topological polar surface area (TPSA) is 177 Å². The molecule has 0 radical (unpaired) electrons. The van der Waals surface area contributed by atoms with Crippen LogP contribution in [0.15, 0.2) is 23.3 Å². The van der Waals surface area contributed by atoms with E-state index in [1.54, 1.807) is 26.4 Å². The van der Waals surface area contributed by atoms with Crippen molar-refractivity contribution in [3.8, 4) is 0 Å². The van der Waals surface area contributed by atoms with Crippen molar-refractivity contribution in [3.05, 3.63) is 23.3 Å². The number of rotatable bonds is 10. The molecule has 346 valence electrons. The summed E-state index contributed by atoms with van der Waals surface area (Å²) in [6, 6.07) is 0.306. The van der Waals surface area contributed by atoms with Crippen LogP contribution in [0.2, 0.25) is 0 Å². The van der Waals surface area contributed by atoms with E-state index >= 15 is 0 Å².